The molecule has 0 heterocycles. The van der Waals surface area contributed by atoms with Crippen molar-refractivity contribution in [1.82, 2.24) is 10.2 Å². The molecule has 0 fully saturated rings. The molecule has 1 N–H and O–H groups in total. The molecule has 0 aliphatic heterocycles. The van der Waals surface area contributed by atoms with E-state index in [-0.39, 0.29) is 23.6 Å². The number of carbonyl (C=O) groups excluding carboxylic acids is 2. The summed E-state index contributed by atoms with van der Waals surface area (Å²) >= 11 is 19.6. The van der Waals surface area contributed by atoms with Crippen molar-refractivity contribution in [2.24, 2.45) is 0 Å². The Morgan fingerprint density at radius 2 is 1.68 bits per heavy atom. The number of amides is 2. The molecule has 0 unspecified atom stereocenters. The van der Waals surface area contributed by atoms with Crippen molar-refractivity contribution in [3.05, 3.63) is 68.7 Å². The van der Waals surface area contributed by atoms with Crippen LogP contribution in [0.1, 0.15) is 38.3 Å². The number of halogens is 3. The summed E-state index contributed by atoms with van der Waals surface area (Å²) in [4.78, 5) is 27.6. The third kappa shape index (κ3) is 8.23. The summed E-state index contributed by atoms with van der Waals surface area (Å²) in [5, 5.41) is 4.71. The lowest BCUT2D eigenvalue weighted by atomic mass is 10.1. The van der Waals surface area contributed by atoms with Crippen LogP contribution in [-0.2, 0) is 21.9 Å². The number of benzene rings is 2. The summed E-state index contributed by atoms with van der Waals surface area (Å²) in [7, 11) is 0. The van der Waals surface area contributed by atoms with Gasteiger partial charge >= 0.3 is 0 Å². The van der Waals surface area contributed by atoms with Crippen molar-refractivity contribution in [3.63, 3.8) is 0 Å². The Morgan fingerprint density at radius 1 is 1.03 bits per heavy atom. The van der Waals surface area contributed by atoms with Gasteiger partial charge in [0.05, 0.1) is 5.75 Å². The fraction of sp³-hybridized carbons (Fsp3) is 0.391. The van der Waals surface area contributed by atoms with Gasteiger partial charge in [-0.15, -0.1) is 11.8 Å². The van der Waals surface area contributed by atoms with E-state index < -0.39 is 6.04 Å². The lowest BCUT2D eigenvalue weighted by Gasteiger charge is -2.31. The average Bonchev–Trinajstić information content (AvgIpc) is 2.70. The third-order valence-corrected chi connectivity index (χ3v) is 6.39. The summed E-state index contributed by atoms with van der Waals surface area (Å²) in [6.45, 7) is 6.05. The van der Waals surface area contributed by atoms with Gasteiger partial charge in [0.2, 0.25) is 11.8 Å². The highest BCUT2D eigenvalue weighted by Gasteiger charge is 2.28. The highest BCUT2D eigenvalue weighted by Crippen LogP contribution is 2.25. The van der Waals surface area contributed by atoms with Gasteiger partial charge in [0.1, 0.15) is 6.04 Å². The van der Waals surface area contributed by atoms with Crippen LogP contribution in [-0.4, -0.2) is 34.6 Å². The largest absolute Gasteiger partial charge is 0.352 e. The van der Waals surface area contributed by atoms with Crippen molar-refractivity contribution in [2.45, 2.75) is 51.6 Å². The third-order valence-electron chi connectivity index (χ3n) is 4.58. The Labute approximate surface area is 203 Å². The lowest BCUT2D eigenvalue weighted by molar-refractivity contribution is -0.139. The molecule has 4 nitrogen and oxygen atoms in total. The molecular formula is C23H27Cl3N2O2S. The number of rotatable bonds is 10. The van der Waals surface area contributed by atoms with E-state index in [1.807, 2.05) is 39.0 Å². The normalized spacial score (nSPS) is 12.0. The minimum atomic E-state index is -0.551. The minimum Gasteiger partial charge on any atom is -0.352 e. The van der Waals surface area contributed by atoms with Gasteiger partial charge in [-0.3, -0.25) is 9.59 Å². The van der Waals surface area contributed by atoms with Crippen LogP contribution >= 0.6 is 46.6 Å². The van der Waals surface area contributed by atoms with Gasteiger partial charge in [-0.2, -0.15) is 0 Å². The first kappa shape index (κ1) is 25.9. The highest BCUT2D eigenvalue weighted by atomic mass is 35.5. The molecule has 0 radical (unpaired) electrons. The minimum absolute atomic E-state index is 0.00421. The molecule has 2 aromatic rings. The smallest absolute Gasteiger partial charge is 0.243 e. The molecule has 2 amide bonds. The first-order valence-corrected chi connectivity index (χ1v) is 12.4. The molecule has 0 saturated carbocycles. The second-order valence-electron chi connectivity index (χ2n) is 7.46. The molecule has 0 bridgehead atoms. The quantitative estimate of drug-likeness (QED) is 0.421. The molecule has 2 aromatic carbocycles. The zero-order valence-electron chi connectivity index (χ0n) is 17.8. The van der Waals surface area contributed by atoms with Gasteiger partial charge in [-0.1, -0.05) is 59.9 Å². The first-order valence-electron chi connectivity index (χ1n) is 10.1. The molecule has 168 valence electrons. The molecular weight excluding hydrogens is 475 g/mol. The van der Waals surface area contributed by atoms with Crippen LogP contribution in [0.2, 0.25) is 15.1 Å². The molecule has 8 heteroatoms. The standard InChI is InChI=1S/C23H27Cl3N2O2S/c1-4-21(23(30)27-15(2)3)28(12-16-5-8-18(24)9-6-16)22(29)14-31-13-17-7-10-19(25)11-20(17)26/h5-11,15,21H,4,12-14H2,1-3H3,(H,27,30)/t21-/m1/s1. The summed E-state index contributed by atoms with van der Waals surface area (Å²) in [6, 6.07) is 12.1. The second-order valence-corrected chi connectivity index (χ2v) is 9.73. The fourth-order valence-electron chi connectivity index (χ4n) is 3.06. The summed E-state index contributed by atoms with van der Waals surface area (Å²) in [6.07, 6.45) is 0.519. The number of hydrogen-bond acceptors (Lipinski definition) is 3. The molecule has 1 atom stereocenters. The number of hydrogen-bond donors (Lipinski definition) is 1. The maximum absolute atomic E-state index is 13.2. The SMILES string of the molecule is CC[C@H](C(=O)NC(C)C)N(Cc1ccc(Cl)cc1)C(=O)CSCc1ccc(Cl)cc1Cl. The molecule has 0 aliphatic carbocycles. The predicted molar refractivity (Wildman–Crippen MR) is 132 cm³/mol. The van der Waals surface area contributed by atoms with Crippen LogP contribution in [0.3, 0.4) is 0 Å². The van der Waals surface area contributed by atoms with E-state index >= 15 is 0 Å². The van der Waals surface area contributed by atoms with E-state index in [9.17, 15) is 9.59 Å². The van der Waals surface area contributed by atoms with E-state index in [4.69, 9.17) is 34.8 Å². The predicted octanol–water partition coefficient (Wildman–Crippen LogP) is 6.21. The van der Waals surface area contributed by atoms with Crippen LogP contribution in [0.5, 0.6) is 0 Å². The van der Waals surface area contributed by atoms with E-state index in [2.05, 4.69) is 5.32 Å². The Hall–Kier alpha value is -1.40. The van der Waals surface area contributed by atoms with Gasteiger partial charge in [0, 0.05) is 33.4 Å². The van der Waals surface area contributed by atoms with Gasteiger partial charge in [-0.25, -0.2) is 0 Å². The molecule has 0 aromatic heterocycles. The Kier molecular flexibility index (Phi) is 10.5. The van der Waals surface area contributed by atoms with Crippen LogP contribution in [0, 0.1) is 0 Å². The first-order chi connectivity index (χ1) is 14.7. The van der Waals surface area contributed by atoms with E-state index in [1.165, 1.54) is 11.8 Å². The molecule has 0 spiro atoms. The zero-order valence-corrected chi connectivity index (χ0v) is 20.9. The Balaban J connectivity index is 2.13. The summed E-state index contributed by atoms with van der Waals surface area (Å²) in [5.74, 6) is 0.560. The second kappa shape index (κ2) is 12.6. The molecule has 31 heavy (non-hydrogen) atoms. The number of thioether (sulfide) groups is 1. The zero-order chi connectivity index (χ0) is 23.0. The van der Waals surface area contributed by atoms with Crippen LogP contribution < -0.4 is 5.32 Å². The monoisotopic (exact) mass is 500 g/mol. The van der Waals surface area contributed by atoms with Crippen molar-refractivity contribution in [2.75, 3.05) is 5.75 Å². The van der Waals surface area contributed by atoms with Crippen molar-refractivity contribution in [1.29, 1.82) is 0 Å². The van der Waals surface area contributed by atoms with Crippen molar-refractivity contribution < 1.29 is 9.59 Å². The van der Waals surface area contributed by atoms with E-state index in [1.54, 1.807) is 29.2 Å². The average molecular weight is 502 g/mol. The number of nitrogens with zero attached hydrogens (tertiary/aromatic N) is 1. The van der Waals surface area contributed by atoms with Crippen LogP contribution in [0.25, 0.3) is 0 Å². The fourth-order valence-corrected chi connectivity index (χ4v) is 4.65. The number of carbonyl (C=O) groups is 2. The van der Waals surface area contributed by atoms with Crippen molar-refractivity contribution >= 4 is 58.4 Å². The topological polar surface area (TPSA) is 49.4 Å². The Bertz CT molecular complexity index is 891. The van der Waals surface area contributed by atoms with Crippen LogP contribution in [0.4, 0.5) is 0 Å². The highest BCUT2D eigenvalue weighted by molar-refractivity contribution is 7.99. The Morgan fingerprint density at radius 3 is 2.26 bits per heavy atom. The maximum Gasteiger partial charge on any atom is 0.243 e. The van der Waals surface area contributed by atoms with Crippen molar-refractivity contribution in [3.8, 4) is 0 Å². The molecule has 2 rings (SSSR count). The van der Waals surface area contributed by atoms with Gasteiger partial charge < -0.3 is 10.2 Å². The summed E-state index contributed by atoms with van der Waals surface area (Å²) < 4.78 is 0. The number of nitrogens with one attached hydrogen (secondary N) is 1. The van der Waals surface area contributed by atoms with Gasteiger partial charge in [-0.05, 0) is 55.7 Å². The molecule has 0 saturated heterocycles. The van der Waals surface area contributed by atoms with E-state index in [0.29, 0.717) is 33.8 Å². The van der Waals surface area contributed by atoms with E-state index in [0.717, 1.165) is 11.1 Å². The van der Waals surface area contributed by atoms with Gasteiger partial charge in [0.15, 0.2) is 0 Å². The van der Waals surface area contributed by atoms with Gasteiger partial charge in [0.25, 0.3) is 0 Å². The summed E-state index contributed by atoms with van der Waals surface area (Å²) in [5.41, 5.74) is 1.83. The maximum atomic E-state index is 13.2. The molecule has 0 aliphatic rings. The van der Waals surface area contributed by atoms with Crippen LogP contribution in [0.15, 0.2) is 42.5 Å². The lowest BCUT2D eigenvalue weighted by Crippen LogP contribution is -2.50.